The second-order valence-electron chi connectivity index (χ2n) is 3.97. The summed E-state index contributed by atoms with van der Waals surface area (Å²) in [6, 6.07) is 0.607. The molecule has 0 radical (unpaired) electrons. The van der Waals surface area contributed by atoms with Crippen molar-refractivity contribution in [3.8, 4) is 0 Å². The lowest BCUT2D eigenvalue weighted by Gasteiger charge is -2.30. The Labute approximate surface area is 81.4 Å². The fourth-order valence-corrected chi connectivity index (χ4v) is 1.47. The highest BCUT2D eigenvalue weighted by molar-refractivity contribution is 4.72. The van der Waals surface area contributed by atoms with Crippen LogP contribution in [0.1, 0.15) is 20.3 Å². The second kappa shape index (κ2) is 5.58. The Kier molecular flexibility index (Phi) is 4.70. The lowest BCUT2D eigenvalue weighted by molar-refractivity contribution is -0.0190. The maximum absolute atomic E-state index is 5.64. The Balaban J connectivity index is 2.13. The Hall–Kier alpha value is -0.120. The van der Waals surface area contributed by atoms with Crippen molar-refractivity contribution in [2.75, 3.05) is 33.3 Å². The predicted molar refractivity (Wildman–Crippen MR) is 55.0 cm³/mol. The Bertz CT molecular complexity index is 141. The fourth-order valence-electron chi connectivity index (χ4n) is 1.47. The van der Waals surface area contributed by atoms with Crippen LogP contribution in [0.4, 0.5) is 0 Å². The van der Waals surface area contributed by atoms with E-state index in [0.717, 1.165) is 26.2 Å². The van der Waals surface area contributed by atoms with Crippen LogP contribution in [-0.4, -0.2) is 50.3 Å². The van der Waals surface area contributed by atoms with Gasteiger partial charge < -0.3 is 15.0 Å². The van der Waals surface area contributed by atoms with E-state index in [-0.39, 0.29) is 0 Å². The van der Waals surface area contributed by atoms with Crippen molar-refractivity contribution in [3.63, 3.8) is 0 Å². The third-order valence-corrected chi connectivity index (χ3v) is 2.65. The van der Waals surface area contributed by atoms with Gasteiger partial charge in [0.05, 0.1) is 12.7 Å². The molecule has 1 rings (SSSR count). The van der Waals surface area contributed by atoms with Gasteiger partial charge in [0.25, 0.3) is 0 Å². The summed E-state index contributed by atoms with van der Waals surface area (Å²) in [5.74, 6) is 0. The molecule has 2 unspecified atom stereocenters. The molecule has 1 aliphatic rings. The molecule has 0 aromatic carbocycles. The molecule has 1 aliphatic heterocycles. The third kappa shape index (κ3) is 4.07. The maximum atomic E-state index is 5.64. The molecular weight excluding hydrogens is 164 g/mol. The van der Waals surface area contributed by atoms with Crippen LogP contribution < -0.4 is 5.32 Å². The first-order chi connectivity index (χ1) is 6.22. The van der Waals surface area contributed by atoms with Gasteiger partial charge in [-0.2, -0.15) is 0 Å². The molecule has 0 saturated carbocycles. The number of ether oxygens (including phenoxy) is 1. The first-order valence-corrected chi connectivity index (χ1v) is 5.26. The number of morpholine rings is 1. The van der Waals surface area contributed by atoms with Crippen molar-refractivity contribution >= 4 is 0 Å². The zero-order chi connectivity index (χ0) is 9.68. The summed E-state index contributed by atoms with van der Waals surface area (Å²) < 4.78 is 5.64. The molecule has 13 heavy (non-hydrogen) atoms. The maximum Gasteiger partial charge on any atom is 0.0826 e. The zero-order valence-corrected chi connectivity index (χ0v) is 9.05. The highest BCUT2D eigenvalue weighted by Crippen LogP contribution is 2.02. The summed E-state index contributed by atoms with van der Waals surface area (Å²) in [4.78, 5) is 2.33. The molecule has 0 aromatic heterocycles. The first kappa shape index (κ1) is 11.0. The van der Waals surface area contributed by atoms with E-state index in [1.165, 1.54) is 6.42 Å². The van der Waals surface area contributed by atoms with E-state index in [0.29, 0.717) is 12.1 Å². The summed E-state index contributed by atoms with van der Waals surface area (Å²) in [6.45, 7) is 8.41. The number of hydrogen-bond acceptors (Lipinski definition) is 3. The molecular formula is C10H22N2O. The molecule has 3 nitrogen and oxygen atoms in total. The van der Waals surface area contributed by atoms with E-state index in [1.807, 2.05) is 0 Å². The minimum Gasteiger partial charge on any atom is -0.374 e. The van der Waals surface area contributed by atoms with Crippen molar-refractivity contribution in [2.45, 2.75) is 32.4 Å². The van der Waals surface area contributed by atoms with Gasteiger partial charge in [-0.25, -0.2) is 0 Å². The Morgan fingerprint density at radius 3 is 3.00 bits per heavy atom. The fraction of sp³-hybridized carbons (Fsp3) is 1.00. The summed E-state index contributed by atoms with van der Waals surface area (Å²) in [6.07, 6.45) is 1.57. The van der Waals surface area contributed by atoms with Gasteiger partial charge in [-0.3, -0.25) is 0 Å². The minimum absolute atomic E-state index is 0.382. The van der Waals surface area contributed by atoms with Gasteiger partial charge in [0, 0.05) is 25.7 Å². The van der Waals surface area contributed by atoms with E-state index in [9.17, 15) is 0 Å². The van der Waals surface area contributed by atoms with Crippen LogP contribution >= 0.6 is 0 Å². The van der Waals surface area contributed by atoms with Gasteiger partial charge >= 0.3 is 0 Å². The summed E-state index contributed by atoms with van der Waals surface area (Å²) in [7, 11) is 2.15. The molecule has 3 heteroatoms. The van der Waals surface area contributed by atoms with Gasteiger partial charge in [0.1, 0.15) is 0 Å². The van der Waals surface area contributed by atoms with Crippen LogP contribution in [0.5, 0.6) is 0 Å². The monoisotopic (exact) mass is 186 g/mol. The lowest BCUT2D eigenvalue weighted by atomic mass is 10.2. The number of rotatable bonds is 4. The van der Waals surface area contributed by atoms with Crippen LogP contribution in [0.3, 0.4) is 0 Å². The van der Waals surface area contributed by atoms with Crippen LogP contribution in [0.15, 0.2) is 0 Å². The SMILES string of the molecule is CCC(C)NCC1CN(C)CCO1. The van der Waals surface area contributed by atoms with E-state index in [4.69, 9.17) is 4.74 Å². The quantitative estimate of drug-likeness (QED) is 0.699. The summed E-state index contributed by atoms with van der Waals surface area (Å²) in [5, 5.41) is 3.47. The van der Waals surface area contributed by atoms with E-state index < -0.39 is 0 Å². The van der Waals surface area contributed by atoms with Gasteiger partial charge in [-0.1, -0.05) is 6.92 Å². The van der Waals surface area contributed by atoms with Gasteiger partial charge in [0.2, 0.25) is 0 Å². The zero-order valence-electron chi connectivity index (χ0n) is 9.05. The molecule has 0 bridgehead atoms. The van der Waals surface area contributed by atoms with Crippen molar-refractivity contribution < 1.29 is 4.74 Å². The van der Waals surface area contributed by atoms with Crippen LogP contribution in [-0.2, 0) is 4.74 Å². The van der Waals surface area contributed by atoms with Crippen molar-refractivity contribution in [1.29, 1.82) is 0 Å². The highest BCUT2D eigenvalue weighted by Gasteiger charge is 2.17. The summed E-state index contributed by atoms with van der Waals surface area (Å²) in [5.41, 5.74) is 0. The molecule has 1 N–H and O–H groups in total. The molecule has 1 fully saturated rings. The molecule has 0 aromatic rings. The average molecular weight is 186 g/mol. The first-order valence-electron chi connectivity index (χ1n) is 5.26. The Morgan fingerprint density at radius 2 is 2.38 bits per heavy atom. The second-order valence-corrected chi connectivity index (χ2v) is 3.97. The molecule has 0 spiro atoms. The lowest BCUT2D eigenvalue weighted by Crippen LogP contribution is -2.46. The minimum atomic E-state index is 0.382. The largest absolute Gasteiger partial charge is 0.374 e. The van der Waals surface area contributed by atoms with Gasteiger partial charge in [-0.15, -0.1) is 0 Å². The van der Waals surface area contributed by atoms with Crippen molar-refractivity contribution in [3.05, 3.63) is 0 Å². The molecule has 0 amide bonds. The van der Waals surface area contributed by atoms with Gasteiger partial charge in [0.15, 0.2) is 0 Å². The topological polar surface area (TPSA) is 24.5 Å². The number of hydrogen-bond donors (Lipinski definition) is 1. The number of nitrogens with zero attached hydrogens (tertiary/aromatic N) is 1. The van der Waals surface area contributed by atoms with E-state index in [1.54, 1.807) is 0 Å². The standard InChI is InChI=1S/C10H22N2O/c1-4-9(2)11-7-10-8-12(3)5-6-13-10/h9-11H,4-8H2,1-3H3. The predicted octanol–water partition coefficient (Wildman–Crippen LogP) is 0.705. The third-order valence-electron chi connectivity index (χ3n) is 2.65. The molecule has 1 saturated heterocycles. The summed E-state index contributed by atoms with van der Waals surface area (Å²) >= 11 is 0. The molecule has 78 valence electrons. The smallest absolute Gasteiger partial charge is 0.0826 e. The van der Waals surface area contributed by atoms with Gasteiger partial charge in [-0.05, 0) is 20.4 Å². The van der Waals surface area contributed by atoms with Crippen molar-refractivity contribution in [1.82, 2.24) is 10.2 Å². The number of nitrogens with one attached hydrogen (secondary N) is 1. The van der Waals surface area contributed by atoms with Crippen molar-refractivity contribution in [2.24, 2.45) is 0 Å². The normalized spacial score (nSPS) is 27.5. The van der Waals surface area contributed by atoms with Crippen LogP contribution in [0, 0.1) is 0 Å². The van der Waals surface area contributed by atoms with E-state index in [2.05, 4.69) is 31.1 Å². The average Bonchev–Trinajstić information content (AvgIpc) is 2.14. The molecule has 1 heterocycles. The van der Waals surface area contributed by atoms with Crippen LogP contribution in [0.2, 0.25) is 0 Å². The Morgan fingerprint density at radius 1 is 1.62 bits per heavy atom. The molecule has 0 aliphatic carbocycles. The highest BCUT2D eigenvalue weighted by atomic mass is 16.5. The molecule has 2 atom stereocenters. The van der Waals surface area contributed by atoms with E-state index >= 15 is 0 Å². The number of likely N-dealkylation sites (N-methyl/N-ethyl adjacent to an activating group) is 1. The van der Waals surface area contributed by atoms with Crippen LogP contribution in [0.25, 0.3) is 0 Å².